The van der Waals surface area contributed by atoms with Crippen molar-refractivity contribution < 1.29 is 4.79 Å². The Hall–Kier alpha value is -1.35. The fraction of sp³-hybridized carbons (Fsp3) is 0.611. The molecule has 1 amide bonds. The molecule has 0 spiro atoms. The predicted molar refractivity (Wildman–Crippen MR) is 89.0 cm³/mol. The minimum absolute atomic E-state index is 0.0845. The number of rotatable bonds is 8. The fourth-order valence-electron chi connectivity index (χ4n) is 2.71. The highest BCUT2D eigenvalue weighted by Gasteiger charge is 2.26. The zero-order valence-electron chi connectivity index (χ0n) is 13.9. The quantitative estimate of drug-likeness (QED) is 0.799. The Morgan fingerprint density at radius 1 is 1.14 bits per heavy atom. The van der Waals surface area contributed by atoms with E-state index in [-0.39, 0.29) is 5.91 Å². The lowest BCUT2D eigenvalue weighted by Gasteiger charge is -2.34. The first-order valence-electron chi connectivity index (χ1n) is 8.09. The molecule has 3 heteroatoms. The summed E-state index contributed by atoms with van der Waals surface area (Å²) in [7, 11) is 0. The predicted octanol–water partition coefficient (Wildman–Crippen LogP) is 3.23. The number of nitrogens with two attached hydrogens (primary N) is 1. The van der Waals surface area contributed by atoms with Gasteiger partial charge in [-0.25, -0.2) is 0 Å². The van der Waals surface area contributed by atoms with E-state index in [4.69, 9.17) is 5.73 Å². The van der Waals surface area contributed by atoms with Crippen LogP contribution in [-0.2, 0) is 11.2 Å². The molecule has 1 rings (SSSR count). The van der Waals surface area contributed by atoms with Crippen LogP contribution in [0.3, 0.4) is 0 Å². The Morgan fingerprint density at radius 2 is 1.71 bits per heavy atom. The second-order valence-electron chi connectivity index (χ2n) is 6.15. The molecule has 1 aromatic carbocycles. The maximum absolute atomic E-state index is 12.7. The third-order valence-corrected chi connectivity index (χ3v) is 3.84. The summed E-state index contributed by atoms with van der Waals surface area (Å²) in [6.45, 7) is 9.35. The van der Waals surface area contributed by atoms with Gasteiger partial charge in [0.2, 0.25) is 5.91 Å². The first-order chi connectivity index (χ1) is 9.99. The second-order valence-corrected chi connectivity index (χ2v) is 6.15. The van der Waals surface area contributed by atoms with Crippen LogP contribution in [0.15, 0.2) is 30.3 Å². The van der Waals surface area contributed by atoms with Gasteiger partial charge in [0.15, 0.2) is 0 Å². The smallest absolute Gasteiger partial charge is 0.240 e. The van der Waals surface area contributed by atoms with Gasteiger partial charge in [0.05, 0.1) is 6.04 Å². The molecule has 1 atom stereocenters. The SMILES string of the molecule is CCC(CC)N(CC(C)C)C(=O)C(N)Cc1ccccc1. The van der Waals surface area contributed by atoms with E-state index in [2.05, 4.69) is 27.7 Å². The zero-order chi connectivity index (χ0) is 15.8. The number of carbonyl (C=O) groups is 1. The van der Waals surface area contributed by atoms with Gasteiger partial charge in [0.1, 0.15) is 0 Å². The highest BCUT2D eigenvalue weighted by Crippen LogP contribution is 2.14. The minimum Gasteiger partial charge on any atom is -0.338 e. The molecule has 0 saturated carbocycles. The lowest BCUT2D eigenvalue weighted by atomic mass is 10.0. The average molecular weight is 290 g/mol. The van der Waals surface area contributed by atoms with Gasteiger partial charge >= 0.3 is 0 Å². The molecule has 0 heterocycles. The second kappa shape index (κ2) is 8.83. The van der Waals surface area contributed by atoms with Crippen molar-refractivity contribution >= 4 is 5.91 Å². The van der Waals surface area contributed by atoms with Gasteiger partial charge in [-0.15, -0.1) is 0 Å². The van der Waals surface area contributed by atoms with Crippen molar-refractivity contribution in [3.8, 4) is 0 Å². The van der Waals surface area contributed by atoms with E-state index < -0.39 is 6.04 Å². The van der Waals surface area contributed by atoms with Gasteiger partial charge in [-0.05, 0) is 30.7 Å². The van der Waals surface area contributed by atoms with E-state index in [1.807, 2.05) is 35.2 Å². The summed E-state index contributed by atoms with van der Waals surface area (Å²) in [5.74, 6) is 0.541. The van der Waals surface area contributed by atoms with Crippen LogP contribution in [0.1, 0.15) is 46.1 Å². The van der Waals surface area contributed by atoms with Crippen molar-refractivity contribution in [2.45, 2.75) is 59.0 Å². The molecule has 0 bridgehead atoms. The summed E-state index contributed by atoms with van der Waals surface area (Å²) in [5, 5.41) is 0. The Kier molecular flexibility index (Phi) is 7.44. The fourth-order valence-corrected chi connectivity index (χ4v) is 2.71. The van der Waals surface area contributed by atoms with Crippen molar-refractivity contribution in [3.63, 3.8) is 0 Å². The van der Waals surface area contributed by atoms with E-state index in [0.717, 1.165) is 24.9 Å². The minimum atomic E-state index is -0.452. The van der Waals surface area contributed by atoms with Gasteiger partial charge in [0.25, 0.3) is 0 Å². The maximum atomic E-state index is 12.7. The van der Waals surface area contributed by atoms with E-state index in [9.17, 15) is 4.79 Å². The molecule has 118 valence electrons. The Bertz CT molecular complexity index is 412. The van der Waals surface area contributed by atoms with Crippen LogP contribution in [0, 0.1) is 5.92 Å². The molecule has 1 unspecified atom stereocenters. The van der Waals surface area contributed by atoms with Crippen LogP contribution < -0.4 is 5.73 Å². The van der Waals surface area contributed by atoms with Gasteiger partial charge in [-0.3, -0.25) is 4.79 Å². The van der Waals surface area contributed by atoms with Gasteiger partial charge in [-0.1, -0.05) is 58.0 Å². The topological polar surface area (TPSA) is 46.3 Å². The number of hydrogen-bond acceptors (Lipinski definition) is 2. The van der Waals surface area contributed by atoms with Crippen LogP contribution in [0.2, 0.25) is 0 Å². The summed E-state index contributed by atoms with van der Waals surface area (Å²) < 4.78 is 0. The highest BCUT2D eigenvalue weighted by atomic mass is 16.2. The summed E-state index contributed by atoms with van der Waals surface area (Å²) in [6.07, 6.45) is 2.56. The first kappa shape index (κ1) is 17.7. The molecule has 21 heavy (non-hydrogen) atoms. The third kappa shape index (κ3) is 5.50. The molecule has 0 aliphatic carbocycles. The number of amides is 1. The summed E-state index contributed by atoms with van der Waals surface area (Å²) in [4.78, 5) is 14.7. The lowest BCUT2D eigenvalue weighted by Crippen LogP contribution is -2.50. The molecule has 3 nitrogen and oxygen atoms in total. The standard InChI is InChI=1S/C18H30N2O/c1-5-16(6-2)20(13-14(3)4)18(21)17(19)12-15-10-8-7-9-11-15/h7-11,14,16-17H,5-6,12-13,19H2,1-4H3. The van der Waals surface area contributed by atoms with Crippen LogP contribution >= 0.6 is 0 Å². The molecule has 0 fully saturated rings. The maximum Gasteiger partial charge on any atom is 0.240 e. The number of benzene rings is 1. The van der Waals surface area contributed by atoms with Gasteiger partial charge in [0, 0.05) is 12.6 Å². The van der Waals surface area contributed by atoms with Crippen LogP contribution in [0.5, 0.6) is 0 Å². The van der Waals surface area contributed by atoms with Crippen molar-refractivity contribution in [2.24, 2.45) is 11.7 Å². The summed E-state index contributed by atoms with van der Waals surface area (Å²) in [5.41, 5.74) is 7.30. The monoisotopic (exact) mass is 290 g/mol. The summed E-state index contributed by atoms with van der Waals surface area (Å²) in [6, 6.07) is 9.84. The molecule has 2 N–H and O–H groups in total. The van der Waals surface area contributed by atoms with Crippen LogP contribution in [0.25, 0.3) is 0 Å². The van der Waals surface area contributed by atoms with Crippen molar-refractivity contribution in [2.75, 3.05) is 6.54 Å². The first-order valence-corrected chi connectivity index (χ1v) is 8.09. The zero-order valence-corrected chi connectivity index (χ0v) is 13.9. The van der Waals surface area contributed by atoms with Crippen LogP contribution in [-0.4, -0.2) is 29.4 Å². The van der Waals surface area contributed by atoms with Gasteiger partial charge < -0.3 is 10.6 Å². The molecule has 0 saturated heterocycles. The van der Waals surface area contributed by atoms with Gasteiger partial charge in [-0.2, -0.15) is 0 Å². The highest BCUT2D eigenvalue weighted by molar-refractivity contribution is 5.82. The third-order valence-electron chi connectivity index (χ3n) is 3.84. The molecule has 0 aromatic heterocycles. The van der Waals surface area contributed by atoms with Crippen LogP contribution in [0.4, 0.5) is 0 Å². The molecule has 0 radical (unpaired) electrons. The van der Waals surface area contributed by atoms with E-state index in [0.29, 0.717) is 18.4 Å². The largest absolute Gasteiger partial charge is 0.338 e. The number of carbonyl (C=O) groups excluding carboxylic acids is 1. The molecular weight excluding hydrogens is 260 g/mol. The Labute approximate surface area is 129 Å². The average Bonchev–Trinajstić information content (AvgIpc) is 2.47. The lowest BCUT2D eigenvalue weighted by molar-refractivity contribution is -0.135. The molecule has 0 aliphatic rings. The molecule has 0 aliphatic heterocycles. The Morgan fingerprint density at radius 3 is 2.19 bits per heavy atom. The van der Waals surface area contributed by atoms with Crippen molar-refractivity contribution in [1.82, 2.24) is 4.90 Å². The Balaban J connectivity index is 2.78. The van der Waals surface area contributed by atoms with Crippen molar-refractivity contribution in [3.05, 3.63) is 35.9 Å². The number of hydrogen-bond donors (Lipinski definition) is 1. The normalized spacial score (nSPS) is 12.7. The van der Waals surface area contributed by atoms with E-state index in [1.54, 1.807) is 0 Å². The van der Waals surface area contributed by atoms with Crippen molar-refractivity contribution in [1.29, 1.82) is 0 Å². The molecular formula is C18H30N2O. The van der Waals surface area contributed by atoms with E-state index in [1.165, 1.54) is 0 Å². The number of nitrogens with zero attached hydrogens (tertiary/aromatic N) is 1. The van der Waals surface area contributed by atoms with E-state index >= 15 is 0 Å². The molecule has 1 aromatic rings. The summed E-state index contributed by atoms with van der Waals surface area (Å²) >= 11 is 0.